The van der Waals surface area contributed by atoms with Gasteiger partial charge < -0.3 is 10.2 Å². The average Bonchev–Trinajstić information content (AvgIpc) is 3.31. The summed E-state index contributed by atoms with van der Waals surface area (Å²) in [4.78, 5) is 18.0. The molecule has 3 aromatic heterocycles. The summed E-state index contributed by atoms with van der Waals surface area (Å²) in [6.45, 7) is 0.386. The lowest BCUT2D eigenvalue weighted by atomic mass is 10.1. The van der Waals surface area contributed by atoms with E-state index in [9.17, 15) is 4.79 Å². The zero-order chi connectivity index (χ0) is 17.2. The highest BCUT2D eigenvalue weighted by molar-refractivity contribution is 7.12. The van der Waals surface area contributed by atoms with E-state index >= 15 is 0 Å². The third-order valence-corrected chi connectivity index (χ3v) is 5.51. The highest BCUT2D eigenvalue weighted by atomic mass is 32.1. The molecule has 0 aliphatic rings. The number of thiophene rings is 1. The Balaban J connectivity index is 1.76. The van der Waals surface area contributed by atoms with Crippen molar-refractivity contribution in [1.29, 1.82) is 0 Å². The third-order valence-electron chi connectivity index (χ3n) is 3.78. The van der Waals surface area contributed by atoms with Crippen molar-refractivity contribution in [3.63, 3.8) is 0 Å². The first kappa shape index (κ1) is 16.0. The van der Waals surface area contributed by atoms with Crippen LogP contribution in [0.5, 0.6) is 0 Å². The smallest absolute Gasteiger partial charge is 0.345 e. The minimum Gasteiger partial charge on any atom is -0.422 e. The lowest BCUT2D eigenvalue weighted by Gasteiger charge is -2.00. The Kier molecular flexibility index (Phi) is 4.31. The van der Waals surface area contributed by atoms with Crippen molar-refractivity contribution in [3.05, 3.63) is 73.5 Å². The second-order valence-corrected chi connectivity index (χ2v) is 7.25. The van der Waals surface area contributed by atoms with Crippen LogP contribution in [-0.2, 0) is 0 Å². The minimum atomic E-state index is -0.382. The molecular formula is C19H14N2O2S2. The van der Waals surface area contributed by atoms with Gasteiger partial charge in [-0.25, -0.2) is 9.78 Å². The quantitative estimate of drug-likeness (QED) is 0.541. The lowest BCUT2D eigenvalue weighted by molar-refractivity contribution is 0.563. The summed E-state index contributed by atoms with van der Waals surface area (Å²) in [5, 5.41) is 5.58. The summed E-state index contributed by atoms with van der Waals surface area (Å²) < 4.78 is 5.40. The Morgan fingerprint density at radius 3 is 2.88 bits per heavy atom. The van der Waals surface area contributed by atoms with E-state index < -0.39 is 0 Å². The van der Waals surface area contributed by atoms with Gasteiger partial charge >= 0.3 is 5.63 Å². The van der Waals surface area contributed by atoms with E-state index in [4.69, 9.17) is 10.2 Å². The molecule has 4 rings (SSSR count). The van der Waals surface area contributed by atoms with Crippen LogP contribution in [0.15, 0.2) is 62.4 Å². The molecule has 4 nitrogen and oxygen atoms in total. The molecule has 0 aliphatic carbocycles. The van der Waals surface area contributed by atoms with E-state index in [1.165, 1.54) is 11.3 Å². The molecule has 25 heavy (non-hydrogen) atoms. The van der Waals surface area contributed by atoms with Crippen LogP contribution in [0.4, 0.5) is 0 Å². The molecular weight excluding hydrogens is 352 g/mol. The number of nitrogens with two attached hydrogens (primary N) is 1. The number of hydrogen-bond acceptors (Lipinski definition) is 6. The maximum absolute atomic E-state index is 12.3. The Morgan fingerprint density at radius 1 is 1.20 bits per heavy atom. The fourth-order valence-corrected chi connectivity index (χ4v) is 4.07. The molecule has 3 heterocycles. The van der Waals surface area contributed by atoms with Crippen LogP contribution in [0, 0.1) is 0 Å². The predicted octanol–water partition coefficient (Wildman–Crippen LogP) is 4.48. The van der Waals surface area contributed by atoms with E-state index in [1.807, 2.05) is 53.2 Å². The fraction of sp³-hybridized carbons (Fsp3) is 0.0526. The molecule has 0 spiro atoms. The number of benzene rings is 1. The number of thiazole rings is 1. The molecule has 124 valence electrons. The fourth-order valence-electron chi connectivity index (χ4n) is 2.54. The molecule has 0 radical (unpaired) electrons. The first-order chi connectivity index (χ1) is 12.2. The molecule has 0 fully saturated rings. The minimum absolute atomic E-state index is 0.382. The third kappa shape index (κ3) is 3.19. The van der Waals surface area contributed by atoms with Gasteiger partial charge in [-0.05, 0) is 29.7 Å². The summed E-state index contributed by atoms with van der Waals surface area (Å²) in [6, 6.07) is 13.3. The molecule has 0 unspecified atom stereocenters. The average molecular weight is 366 g/mol. The van der Waals surface area contributed by atoms with Gasteiger partial charge in [0.05, 0.1) is 11.3 Å². The lowest BCUT2D eigenvalue weighted by Crippen LogP contribution is -2.04. The van der Waals surface area contributed by atoms with Gasteiger partial charge in [0.15, 0.2) is 0 Å². The number of para-hydroxylation sites is 1. The number of hydrogen-bond donors (Lipinski definition) is 1. The highest BCUT2D eigenvalue weighted by Crippen LogP contribution is 2.27. The van der Waals surface area contributed by atoms with Crippen LogP contribution in [0.3, 0.4) is 0 Å². The maximum Gasteiger partial charge on any atom is 0.345 e. The van der Waals surface area contributed by atoms with Crippen LogP contribution in [0.2, 0.25) is 0 Å². The van der Waals surface area contributed by atoms with Gasteiger partial charge in [0.25, 0.3) is 0 Å². The topological polar surface area (TPSA) is 69.1 Å². The van der Waals surface area contributed by atoms with Crippen molar-refractivity contribution in [2.75, 3.05) is 6.54 Å². The molecule has 0 atom stereocenters. The molecule has 6 heteroatoms. The van der Waals surface area contributed by atoms with Crippen LogP contribution < -0.4 is 11.4 Å². The molecule has 0 bridgehead atoms. The van der Waals surface area contributed by atoms with E-state index in [1.54, 1.807) is 17.4 Å². The van der Waals surface area contributed by atoms with Crippen LogP contribution in [0.1, 0.15) is 9.88 Å². The highest BCUT2D eigenvalue weighted by Gasteiger charge is 2.13. The zero-order valence-electron chi connectivity index (χ0n) is 13.1. The van der Waals surface area contributed by atoms with Crippen LogP contribution in [-0.4, -0.2) is 11.5 Å². The predicted molar refractivity (Wildman–Crippen MR) is 105 cm³/mol. The van der Waals surface area contributed by atoms with Crippen molar-refractivity contribution >= 4 is 45.3 Å². The van der Waals surface area contributed by atoms with Gasteiger partial charge in [0.1, 0.15) is 10.6 Å². The van der Waals surface area contributed by atoms with Crippen molar-refractivity contribution in [3.8, 4) is 11.3 Å². The van der Waals surface area contributed by atoms with E-state index in [0.29, 0.717) is 23.4 Å². The van der Waals surface area contributed by atoms with Gasteiger partial charge in [0, 0.05) is 27.8 Å². The van der Waals surface area contributed by atoms with Crippen molar-refractivity contribution in [2.45, 2.75) is 0 Å². The molecule has 2 N–H and O–H groups in total. The van der Waals surface area contributed by atoms with Crippen molar-refractivity contribution in [1.82, 2.24) is 4.98 Å². The number of nitrogens with zero attached hydrogens (tertiary/aromatic N) is 1. The Bertz CT molecular complexity index is 1110. The molecule has 0 aliphatic heterocycles. The number of rotatable bonds is 4. The van der Waals surface area contributed by atoms with Crippen LogP contribution in [0.25, 0.3) is 33.9 Å². The summed E-state index contributed by atoms with van der Waals surface area (Å²) in [5.74, 6) is 0. The van der Waals surface area contributed by atoms with Crippen molar-refractivity contribution in [2.24, 2.45) is 5.73 Å². The van der Waals surface area contributed by atoms with Gasteiger partial charge in [-0.2, -0.15) is 0 Å². The summed E-state index contributed by atoms with van der Waals surface area (Å²) in [6.07, 6.45) is 2.04. The van der Waals surface area contributed by atoms with E-state index in [-0.39, 0.29) is 5.63 Å². The molecule has 0 saturated heterocycles. The molecule has 4 aromatic rings. The van der Waals surface area contributed by atoms with Crippen LogP contribution >= 0.6 is 22.7 Å². The Morgan fingerprint density at radius 2 is 2.08 bits per heavy atom. The Labute approximate surface area is 151 Å². The number of fused-ring (bicyclic) bond motifs is 1. The van der Waals surface area contributed by atoms with E-state index in [2.05, 4.69) is 4.98 Å². The first-order valence-electron chi connectivity index (χ1n) is 7.68. The molecule has 1 aromatic carbocycles. The maximum atomic E-state index is 12.3. The monoisotopic (exact) mass is 366 g/mol. The molecule has 0 saturated carbocycles. The van der Waals surface area contributed by atoms with Crippen molar-refractivity contribution < 1.29 is 4.42 Å². The van der Waals surface area contributed by atoms with Gasteiger partial charge in [-0.3, -0.25) is 0 Å². The van der Waals surface area contributed by atoms with Gasteiger partial charge in [-0.1, -0.05) is 24.3 Å². The molecule has 0 amide bonds. The first-order valence-corrected chi connectivity index (χ1v) is 9.44. The summed E-state index contributed by atoms with van der Waals surface area (Å²) in [5.41, 5.74) is 8.12. The largest absolute Gasteiger partial charge is 0.422 e. The SMILES string of the molecule is NC/C(=C\c1cccs1)c1nc(-c2cc3ccccc3oc2=O)cs1. The second-order valence-electron chi connectivity index (χ2n) is 5.41. The standard InChI is InChI=1S/C19H14N2O2S2/c20-10-13(8-14-5-3-7-24-14)18-21-16(11-25-18)15-9-12-4-1-2-6-17(12)23-19(15)22/h1-9,11H,10,20H2/b13-8+. The van der Waals surface area contributed by atoms with E-state index in [0.717, 1.165) is 20.8 Å². The van der Waals surface area contributed by atoms with Gasteiger partial charge in [0.2, 0.25) is 0 Å². The number of aromatic nitrogens is 1. The normalized spacial score (nSPS) is 12.0. The summed E-state index contributed by atoms with van der Waals surface area (Å²) >= 11 is 3.13. The summed E-state index contributed by atoms with van der Waals surface area (Å²) in [7, 11) is 0. The van der Waals surface area contributed by atoms with Gasteiger partial charge in [-0.15, -0.1) is 22.7 Å². The Hall–Kier alpha value is -2.54. The zero-order valence-corrected chi connectivity index (χ0v) is 14.8. The second kappa shape index (κ2) is 6.76.